The van der Waals surface area contributed by atoms with Crippen molar-refractivity contribution in [3.63, 3.8) is 0 Å². The van der Waals surface area contributed by atoms with E-state index in [2.05, 4.69) is 50.4 Å². The lowest BCUT2D eigenvalue weighted by Crippen LogP contribution is -2.43. The third kappa shape index (κ3) is 4.82. The molecule has 0 spiro atoms. The van der Waals surface area contributed by atoms with Crippen molar-refractivity contribution < 1.29 is 4.74 Å². The molecule has 0 saturated heterocycles. The molecule has 0 bridgehead atoms. The average Bonchev–Trinajstić information content (AvgIpc) is 2.46. The molecular formula is C19H31NO. The van der Waals surface area contributed by atoms with E-state index in [9.17, 15) is 0 Å². The van der Waals surface area contributed by atoms with Crippen molar-refractivity contribution in [2.75, 3.05) is 7.11 Å². The van der Waals surface area contributed by atoms with Crippen LogP contribution in [0.15, 0.2) is 24.3 Å². The Balaban J connectivity index is 1.91. The monoisotopic (exact) mass is 289 g/mol. The van der Waals surface area contributed by atoms with Gasteiger partial charge in [0, 0.05) is 19.7 Å². The highest BCUT2D eigenvalue weighted by atomic mass is 16.5. The minimum absolute atomic E-state index is 0.403. The molecule has 118 valence electrons. The van der Waals surface area contributed by atoms with Crippen molar-refractivity contribution >= 4 is 0 Å². The highest BCUT2D eigenvalue weighted by Crippen LogP contribution is 2.38. The van der Waals surface area contributed by atoms with Gasteiger partial charge in [-0.05, 0) is 35.3 Å². The molecule has 1 aromatic carbocycles. The number of methoxy groups -OCH3 is 1. The van der Waals surface area contributed by atoms with Gasteiger partial charge in [0.25, 0.3) is 0 Å². The summed E-state index contributed by atoms with van der Waals surface area (Å²) in [4.78, 5) is 0. The molecular weight excluding hydrogens is 258 g/mol. The molecule has 0 aromatic heterocycles. The lowest BCUT2D eigenvalue weighted by Gasteiger charge is -2.41. The van der Waals surface area contributed by atoms with Crippen LogP contribution in [0.3, 0.4) is 0 Å². The van der Waals surface area contributed by atoms with Gasteiger partial charge in [0.15, 0.2) is 0 Å². The van der Waals surface area contributed by atoms with Gasteiger partial charge in [-0.1, -0.05) is 57.9 Å². The number of nitrogens with one attached hydrogen (secondary N) is 1. The number of hydrogen-bond acceptors (Lipinski definition) is 2. The van der Waals surface area contributed by atoms with Gasteiger partial charge in [-0.2, -0.15) is 0 Å². The van der Waals surface area contributed by atoms with Crippen LogP contribution in [0, 0.1) is 11.3 Å². The Morgan fingerprint density at radius 1 is 1.05 bits per heavy atom. The molecule has 0 amide bonds. The van der Waals surface area contributed by atoms with Crippen molar-refractivity contribution in [1.82, 2.24) is 5.32 Å². The molecule has 0 aliphatic heterocycles. The van der Waals surface area contributed by atoms with Gasteiger partial charge in [-0.15, -0.1) is 0 Å². The van der Waals surface area contributed by atoms with Gasteiger partial charge < -0.3 is 10.1 Å². The summed E-state index contributed by atoms with van der Waals surface area (Å²) in [5, 5.41) is 3.81. The zero-order valence-corrected chi connectivity index (χ0v) is 14.1. The maximum atomic E-state index is 5.16. The summed E-state index contributed by atoms with van der Waals surface area (Å²) in [5.74, 6) is 0.791. The van der Waals surface area contributed by atoms with Crippen molar-refractivity contribution in [3.8, 4) is 0 Å². The van der Waals surface area contributed by atoms with Gasteiger partial charge in [0.2, 0.25) is 0 Å². The largest absolute Gasteiger partial charge is 0.380 e. The topological polar surface area (TPSA) is 21.3 Å². The molecule has 1 aliphatic rings. The van der Waals surface area contributed by atoms with Crippen LogP contribution >= 0.6 is 0 Å². The van der Waals surface area contributed by atoms with Gasteiger partial charge >= 0.3 is 0 Å². The van der Waals surface area contributed by atoms with Crippen LogP contribution in [0.4, 0.5) is 0 Å². The van der Waals surface area contributed by atoms with E-state index in [1.165, 1.54) is 36.8 Å². The van der Waals surface area contributed by atoms with Gasteiger partial charge in [0.05, 0.1) is 6.61 Å². The Morgan fingerprint density at radius 3 is 2.29 bits per heavy atom. The van der Waals surface area contributed by atoms with Crippen LogP contribution in [0.25, 0.3) is 0 Å². The van der Waals surface area contributed by atoms with Crippen LogP contribution < -0.4 is 5.32 Å². The number of ether oxygens (including phenoxy) is 1. The second-order valence-corrected chi connectivity index (χ2v) is 7.49. The number of hydrogen-bond donors (Lipinski definition) is 1. The van der Waals surface area contributed by atoms with Crippen LogP contribution in [0.1, 0.15) is 57.6 Å². The molecule has 1 aliphatic carbocycles. The number of rotatable bonds is 5. The number of benzene rings is 1. The summed E-state index contributed by atoms with van der Waals surface area (Å²) in [6, 6.07) is 9.44. The van der Waals surface area contributed by atoms with E-state index in [0.29, 0.717) is 18.1 Å². The first-order valence-corrected chi connectivity index (χ1v) is 8.31. The van der Waals surface area contributed by atoms with Gasteiger partial charge in [-0.25, -0.2) is 0 Å². The molecule has 1 fully saturated rings. The first kappa shape index (κ1) is 16.5. The first-order valence-electron chi connectivity index (χ1n) is 8.31. The molecule has 21 heavy (non-hydrogen) atoms. The summed E-state index contributed by atoms with van der Waals surface area (Å²) in [6.45, 7) is 8.83. The Bertz CT molecular complexity index is 418. The highest BCUT2D eigenvalue weighted by molar-refractivity contribution is 5.22. The minimum atomic E-state index is 0.403. The molecule has 0 heterocycles. The zero-order chi connectivity index (χ0) is 15.3. The lowest BCUT2D eigenvalue weighted by molar-refractivity contribution is 0.130. The Kier molecular flexibility index (Phi) is 5.83. The quantitative estimate of drug-likeness (QED) is 0.860. The predicted molar refractivity (Wildman–Crippen MR) is 89.2 cm³/mol. The molecule has 0 radical (unpaired) electrons. The maximum absolute atomic E-state index is 5.16. The van der Waals surface area contributed by atoms with Crippen molar-refractivity contribution in [2.24, 2.45) is 11.3 Å². The Hall–Kier alpha value is -0.860. The Labute approximate surface area is 130 Å². The average molecular weight is 289 g/mol. The van der Waals surface area contributed by atoms with E-state index < -0.39 is 0 Å². The van der Waals surface area contributed by atoms with E-state index in [-0.39, 0.29) is 0 Å². The minimum Gasteiger partial charge on any atom is -0.380 e. The zero-order valence-electron chi connectivity index (χ0n) is 14.1. The molecule has 2 unspecified atom stereocenters. The van der Waals surface area contributed by atoms with Crippen molar-refractivity contribution in [2.45, 2.75) is 65.6 Å². The first-order chi connectivity index (χ1) is 10.0. The summed E-state index contributed by atoms with van der Waals surface area (Å²) < 4.78 is 5.16. The van der Waals surface area contributed by atoms with E-state index in [1.807, 2.05) is 0 Å². The van der Waals surface area contributed by atoms with E-state index in [4.69, 9.17) is 4.74 Å². The molecule has 1 N–H and O–H groups in total. The molecule has 2 atom stereocenters. The fourth-order valence-corrected chi connectivity index (χ4v) is 3.58. The lowest BCUT2D eigenvalue weighted by atomic mass is 9.69. The summed E-state index contributed by atoms with van der Waals surface area (Å²) in [6.07, 6.45) is 5.46. The summed E-state index contributed by atoms with van der Waals surface area (Å²) in [7, 11) is 1.74. The van der Waals surface area contributed by atoms with Crippen LogP contribution in [-0.2, 0) is 17.9 Å². The molecule has 2 heteroatoms. The molecule has 2 nitrogen and oxygen atoms in total. The van der Waals surface area contributed by atoms with Gasteiger partial charge in [0.1, 0.15) is 0 Å². The van der Waals surface area contributed by atoms with Gasteiger partial charge in [-0.3, -0.25) is 0 Å². The second-order valence-electron chi connectivity index (χ2n) is 7.49. The SMILES string of the molecule is COCc1ccc(CNC2CCCCC2C(C)(C)C)cc1. The fourth-order valence-electron chi connectivity index (χ4n) is 3.58. The molecule has 1 aromatic rings. The van der Waals surface area contributed by atoms with Crippen molar-refractivity contribution in [3.05, 3.63) is 35.4 Å². The standard InChI is InChI=1S/C19H31NO/c1-19(2,3)17-7-5-6-8-18(17)20-13-15-9-11-16(12-10-15)14-21-4/h9-12,17-18,20H,5-8,13-14H2,1-4H3. The molecule has 2 rings (SSSR count). The smallest absolute Gasteiger partial charge is 0.0713 e. The van der Waals surface area contributed by atoms with E-state index >= 15 is 0 Å². The third-order valence-corrected chi connectivity index (χ3v) is 4.78. The maximum Gasteiger partial charge on any atom is 0.0713 e. The normalized spacial score (nSPS) is 23.2. The van der Waals surface area contributed by atoms with E-state index in [0.717, 1.165) is 12.5 Å². The summed E-state index contributed by atoms with van der Waals surface area (Å²) >= 11 is 0. The fraction of sp³-hybridized carbons (Fsp3) is 0.684. The van der Waals surface area contributed by atoms with Crippen molar-refractivity contribution in [1.29, 1.82) is 0 Å². The Morgan fingerprint density at radius 2 is 1.67 bits per heavy atom. The second kappa shape index (κ2) is 7.42. The highest BCUT2D eigenvalue weighted by Gasteiger charge is 2.33. The predicted octanol–water partition coefficient (Wildman–Crippen LogP) is 4.53. The van der Waals surface area contributed by atoms with Crippen LogP contribution in [0.5, 0.6) is 0 Å². The third-order valence-electron chi connectivity index (χ3n) is 4.78. The molecule has 1 saturated carbocycles. The van der Waals surface area contributed by atoms with E-state index in [1.54, 1.807) is 7.11 Å². The van der Waals surface area contributed by atoms with Crippen LogP contribution in [0.2, 0.25) is 0 Å². The van der Waals surface area contributed by atoms with Crippen LogP contribution in [-0.4, -0.2) is 13.2 Å². The summed E-state index contributed by atoms with van der Waals surface area (Å²) in [5.41, 5.74) is 3.01.